The molecule has 0 saturated carbocycles. The number of amides is 1. The summed E-state index contributed by atoms with van der Waals surface area (Å²) in [6.07, 6.45) is 0.717. The van der Waals surface area contributed by atoms with Crippen LogP contribution in [0.4, 0.5) is 0 Å². The lowest BCUT2D eigenvalue weighted by Gasteiger charge is -2.15. The molecule has 168 valence electrons. The van der Waals surface area contributed by atoms with Gasteiger partial charge in [-0.25, -0.2) is 13.1 Å². The van der Waals surface area contributed by atoms with E-state index in [1.807, 2.05) is 60.7 Å². The lowest BCUT2D eigenvalue weighted by atomic mass is 10.1. The minimum atomic E-state index is -3.79. The van der Waals surface area contributed by atoms with Crippen molar-refractivity contribution in [2.24, 2.45) is 0 Å². The number of rotatable bonds is 10. The van der Waals surface area contributed by atoms with Gasteiger partial charge in [-0.3, -0.25) is 4.79 Å². The molecule has 3 rings (SSSR count). The first-order chi connectivity index (χ1) is 15.3. The van der Waals surface area contributed by atoms with E-state index in [9.17, 15) is 13.2 Å². The first kappa shape index (κ1) is 23.8. The van der Waals surface area contributed by atoms with Crippen LogP contribution >= 0.6 is 11.6 Å². The minimum absolute atomic E-state index is 0.0185. The third-order valence-electron chi connectivity index (χ3n) is 4.78. The van der Waals surface area contributed by atoms with Crippen LogP contribution in [0.5, 0.6) is 5.75 Å². The molecule has 6 nitrogen and oxygen atoms in total. The monoisotopic (exact) mass is 472 g/mol. The van der Waals surface area contributed by atoms with E-state index in [0.717, 1.165) is 11.1 Å². The van der Waals surface area contributed by atoms with Gasteiger partial charge in [-0.05, 0) is 42.7 Å². The van der Waals surface area contributed by atoms with Gasteiger partial charge >= 0.3 is 0 Å². The fourth-order valence-corrected chi connectivity index (χ4v) is 4.62. The Morgan fingerprint density at radius 1 is 1.00 bits per heavy atom. The number of benzene rings is 3. The maximum Gasteiger partial charge on any atom is 0.257 e. The number of hydrogen-bond acceptors (Lipinski definition) is 4. The van der Waals surface area contributed by atoms with E-state index in [0.29, 0.717) is 13.0 Å². The molecule has 0 heterocycles. The summed E-state index contributed by atoms with van der Waals surface area (Å²) in [6, 6.07) is 22.8. The topological polar surface area (TPSA) is 84.5 Å². The summed E-state index contributed by atoms with van der Waals surface area (Å²) in [6.45, 7) is 2.04. The molecule has 0 radical (unpaired) electrons. The Bertz CT molecular complexity index is 1140. The second-order valence-electron chi connectivity index (χ2n) is 7.22. The van der Waals surface area contributed by atoms with Gasteiger partial charge < -0.3 is 10.1 Å². The molecule has 3 aromatic rings. The summed E-state index contributed by atoms with van der Waals surface area (Å²) in [5, 5.41) is 2.89. The van der Waals surface area contributed by atoms with Crippen LogP contribution in [0.2, 0.25) is 5.02 Å². The molecule has 0 unspecified atom stereocenters. The zero-order valence-electron chi connectivity index (χ0n) is 17.6. The van der Waals surface area contributed by atoms with Gasteiger partial charge in [0.15, 0.2) is 6.61 Å². The van der Waals surface area contributed by atoms with Gasteiger partial charge in [0.2, 0.25) is 10.0 Å². The largest absolute Gasteiger partial charge is 0.482 e. The molecule has 1 atom stereocenters. The average Bonchev–Trinajstić information content (AvgIpc) is 2.79. The van der Waals surface area contributed by atoms with Crippen LogP contribution in [0.1, 0.15) is 24.1 Å². The standard InChI is InChI=1S/C24H25ClN2O4S/c1-18(20-10-6-3-7-11-20)27-32(29,30)21-12-13-23(22(25)16-21)31-17-24(28)26-15-14-19-8-4-2-5-9-19/h2-13,16,18,27H,14-15,17H2,1H3,(H,26,28)/t18-/m1/s1. The van der Waals surface area contributed by atoms with Crippen molar-refractivity contribution in [2.45, 2.75) is 24.3 Å². The van der Waals surface area contributed by atoms with E-state index in [-0.39, 0.29) is 28.2 Å². The van der Waals surface area contributed by atoms with Crippen LogP contribution in [-0.4, -0.2) is 27.5 Å². The van der Waals surface area contributed by atoms with Gasteiger partial charge in [-0.1, -0.05) is 72.3 Å². The highest BCUT2D eigenvalue weighted by Crippen LogP contribution is 2.28. The second kappa shape index (κ2) is 11.1. The van der Waals surface area contributed by atoms with Crippen LogP contribution in [0, 0.1) is 0 Å². The minimum Gasteiger partial charge on any atom is -0.482 e. The lowest BCUT2D eigenvalue weighted by molar-refractivity contribution is -0.123. The summed E-state index contributed by atoms with van der Waals surface area (Å²) in [5.74, 6) is -0.0491. The van der Waals surface area contributed by atoms with Crippen LogP contribution in [0.25, 0.3) is 0 Å². The van der Waals surface area contributed by atoms with E-state index in [1.165, 1.54) is 18.2 Å². The molecule has 3 aromatic carbocycles. The van der Waals surface area contributed by atoms with Crippen molar-refractivity contribution < 1.29 is 17.9 Å². The molecule has 0 fully saturated rings. The lowest BCUT2D eigenvalue weighted by Crippen LogP contribution is -2.30. The average molecular weight is 473 g/mol. The predicted octanol–water partition coefficient (Wildman–Crippen LogP) is 4.12. The highest BCUT2D eigenvalue weighted by atomic mass is 35.5. The second-order valence-corrected chi connectivity index (χ2v) is 9.34. The molecule has 0 saturated heterocycles. The molecule has 0 aliphatic rings. The van der Waals surface area contributed by atoms with Gasteiger partial charge in [0.1, 0.15) is 5.75 Å². The number of sulfonamides is 1. The van der Waals surface area contributed by atoms with Crippen molar-refractivity contribution in [1.29, 1.82) is 0 Å². The fourth-order valence-electron chi connectivity index (χ4n) is 3.06. The van der Waals surface area contributed by atoms with Gasteiger partial charge in [0, 0.05) is 12.6 Å². The van der Waals surface area contributed by atoms with Crippen molar-refractivity contribution in [1.82, 2.24) is 10.0 Å². The maximum atomic E-state index is 12.7. The maximum absolute atomic E-state index is 12.7. The Hall–Kier alpha value is -2.87. The molecule has 1 amide bonds. The van der Waals surface area contributed by atoms with E-state index < -0.39 is 16.1 Å². The molecule has 0 aliphatic carbocycles. The number of nitrogens with one attached hydrogen (secondary N) is 2. The highest BCUT2D eigenvalue weighted by molar-refractivity contribution is 7.89. The van der Waals surface area contributed by atoms with Crippen LogP contribution < -0.4 is 14.8 Å². The molecule has 2 N–H and O–H groups in total. The highest BCUT2D eigenvalue weighted by Gasteiger charge is 2.20. The normalized spacial score (nSPS) is 12.2. The van der Waals surface area contributed by atoms with Crippen molar-refractivity contribution >= 4 is 27.5 Å². The Morgan fingerprint density at radius 2 is 1.66 bits per heavy atom. The van der Waals surface area contributed by atoms with Gasteiger partial charge in [-0.2, -0.15) is 0 Å². The quantitative estimate of drug-likeness (QED) is 0.465. The summed E-state index contributed by atoms with van der Waals surface area (Å²) >= 11 is 6.21. The smallest absolute Gasteiger partial charge is 0.257 e. The number of carbonyl (C=O) groups is 1. The molecule has 0 aromatic heterocycles. The van der Waals surface area contributed by atoms with Gasteiger partial charge in [0.05, 0.1) is 9.92 Å². The summed E-state index contributed by atoms with van der Waals surface area (Å²) in [5.41, 5.74) is 1.98. The first-order valence-electron chi connectivity index (χ1n) is 10.2. The number of carbonyl (C=O) groups excluding carboxylic acids is 1. The molecule has 32 heavy (non-hydrogen) atoms. The van der Waals surface area contributed by atoms with E-state index >= 15 is 0 Å². The van der Waals surface area contributed by atoms with Crippen LogP contribution in [0.3, 0.4) is 0 Å². The Morgan fingerprint density at radius 3 is 2.31 bits per heavy atom. The molecule has 8 heteroatoms. The number of ether oxygens (including phenoxy) is 1. The third kappa shape index (κ3) is 6.82. The third-order valence-corrected chi connectivity index (χ3v) is 6.62. The summed E-state index contributed by atoms with van der Waals surface area (Å²) in [7, 11) is -3.79. The first-order valence-corrected chi connectivity index (χ1v) is 12.0. The number of halogens is 1. The fraction of sp³-hybridized carbons (Fsp3) is 0.208. The summed E-state index contributed by atoms with van der Waals surface area (Å²) in [4.78, 5) is 12.0. The van der Waals surface area contributed by atoms with Crippen LogP contribution in [0.15, 0.2) is 83.8 Å². The Labute approximate surface area is 193 Å². The van der Waals surface area contributed by atoms with E-state index in [2.05, 4.69) is 10.0 Å². The zero-order valence-corrected chi connectivity index (χ0v) is 19.2. The van der Waals surface area contributed by atoms with Gasteiger partial charge in [-0.15, -0.1) is 0 Å². The van der Waals surface area contributed by atoms with Gasteiger partial charge in [0.25, 0.3) is 5.91 Å². The van der Waals surface area contributed by atoms with Crippen LogP contribution in [-0.2, 0) is 21.2 Å². The summed E-state index contributed by atoms with van der Waals surface area (Å²) < 4.78 is 33.5. The van der Waals surface area contributed by atoms with E-state index in [1.54, 1.807) is 6.92 Å². The van der Waals surface area contributed by atoms with Crippen molar-refractivity contribution in [3.63, 3.8) is 0 Å². The molecular formula is C24H25ClN2O4S. The van der Waals surface area contributed by atoms with E-state index in [4.69, 9.17) is 16.3 Å². The Balaban J connectivity index is 1.53. The van der Waals surface area contributed by atoms with Crippen molar-refractivity contribution in [3.8, 4) is 5.75 Å². The molecule has 0 spiro atoms. The van der Waals surface area contributed by atoms with Crippen molar-refractivity contribution in [3.05, 3.63) is 95.0 Å². The van der Waals surface area contributed by atoms with Crippen molar-refractivity contribution in [2.75, 3.05) is 13.2 Å². The Kier molecular flexibility index (Phi) is 8.27. The predicted molar refractivity (Wildman–Crippen MR) is 125 cm³/mol. The molecule has 0 bridgehead atoms. The molecular weight excluding hydrogens is 448 g/mol. The molecule has 0 aliphatic heterocycles. The zero-order chi connectivity index (χ0) is 23.0. The SMILES string of the molecule is C[C@@H](NS(=O)(=O)c1ccc(OCC(=O)NCCc2ccccc2)c(Cl)c1)c1ccccc1. The number of hydrogen-bond donors (Lipinski definition) is 2.